The number of rotatable bonds is 2. The zero-order valence-corrected chi connectivity index (χ0v) is 14.4. The minimum atomic E-state index is -4.38. The van der Waals surface area contributed by atoms with Crippen molar-refractivity contribution < 1.29 is 18.3 Å². The summed E-state index contributed by atoms with van der Waals surface area (Å²) in [5, 5.41) is 19.0. The van der Waals surface area contributed by atoms with Crippen molar-refractivity contribution in [2.75, 3.05) is 0 Å². The minimum Gasteiger partial charge on any atom is -0.385 e. The molecular formula is C18H22F3N3O. The topological polar surface area (TPSA) is 50.1 Å². The zero-order chi connectivity index (χ0) is 18.4. The van der Waals surface area contributed by atoms with Crippen LogP contribution in [0.5, 0.6) is 0 Å². The van der Waals surface area contributed by atoms with Crippen molar-refractivity contribution >= 4 is 0 Å². The molecule has 0 amide bonds. The van der Waals surface area contributed by atoms with Gasteiger partial charge in [-0.2, -0.15) is 18.3 Å². The van der Waals surface area contributed by atoms with E-state index in [2.05, 4.69) is 10.4 Å². The second-order valence-electron chi connectivity index (χ2n) is 6.97. The Morgan fingerprint density at radius 3 is 2.40 bits per heavy atom. The second-order valence-corrected chi connectivity index (χ2v) is 6.97. The van der Waals surface area contributed by atoms with Gasteiger partial charge in [-0.3, -0.25) is 4.68 Å². The number of benzene rings is 1. The highest BCUT2D eigenvalue weighted by atomic mass is 19.4. The molecule has 25 heavy (non-hydrogen) atoms. The number of hydrogen-bond donors (Lipinski definition) is 2. The summed E-state index contributed by atoms with van der Waals surface area (Å²) in [5.41, 5.74) is 0.445. The van der Waals surface area contributed by atoms with Crippen LogP contribution in [0.25, 0.3) is 0 Å². The highest BCUT2D eigenvalue weighted by molar-refractivity contribution is 5.30. The van der Waals surface area contributed by atoms with Gasteiger partial charge in [-0.25, -0.2) is 0 Å². The van der Waals surface area contributed by atoms with Gasteiger partial charge in [0.2, 0.25) is 0 Å². The SMILES string of the molecule is Cc1cc([C@@H]2CC(O)(c3ccc(C(F)(F)F)cc3)C[C@H](C)N2)nn1C. The summed E-state index contributed by atoms with van der Waals surface area (Å²) in [7, 11) is 1.85. The molecule has 1 fully saturated rings. The van der Waals surface area contributed by atoms with E-state index in [1.54, 1.807) is 4.68 Å². The van der Waals surface area contributed by atoms with Crippen molar-refractivity contribution in [2.45, 2.75) is 50.6 Å². The molecule has 0 spiro atoms. The lowest BCUT2D eigenvalue weighted by Gasteiger charge is -2.41. The zero-order valence-electron chi connectivity index (χ0n) is 14.4. The molecule has 0 bridgehead atoms. The number of nitrogens with one attached hydrogen (secondary N) is 1. The summed E-state index contributed by atoms with van der Waals surface area (Å²) < 4.78 is 40.1. The first-order valence-electron chi connectivity index (χ1n) is 8.25. The first-order chi connectivity index (χ1) is 11.6. The number of nitrogens with zero attached hydrogens (tertiary/aromatic N) is 2. The van der Waals surface area contributed by atoms with Crippen LogP contribution in [0.2, 0.25) is 0 Å². The molecule has 136 valence electrons. The second kappa shape index (κ2) is 6.14. The van der Waals surface area contributed by atoms with Crippen LogP contribution in [-0.2, 0) is 18.8 Å². The minimum absolute atomic E-state index is 0.00774. The molecule has 1 saturated heterocycles. The van der Waals surface area contributed by atoms with Crippen molar-refractivity contribution in [3.8, 4) is 0 Å². The van der Waals surface area contributed by atoms with Gasteiger partial charge in [0.05, 0.1) is 22.9 Å². The van der Waals surface area contributed by atoms with Crippen LogP contribution < -0.4 is 5.32 Å². The smallest absolute Gasteiger partial charge is 0.385 e. The summed E-state index contributed by atoms with van der Waals surface area (Å²) in [4.78, 5) is 0. The predicted molar refractivity (Wildman–Crippen MR) is 87.9 cm³/mol. The molecule has 1 aliphatic rings. The van der Waals surface area contributed by atoms with Gasteiger partial charge >= 0.3 is 6.18 Å². The Morgan fingerprint density at radius 1 is 1.24 bits per heavy atom. The fraction of sp³-hybridized carbons (Fsp3) is 0.500. The van der Waals surface area contributed by atoms with Crippen LogP contribution in [-0.4, -0.2) is 20.9 Å². The summed E-state index contributed by atoms with van der Waals surface area (Å²) in [5.74, 6) is 0. The molecule has 3 rings (SSSR count). The maximum absolute atomic E-state index is 12.8. The quantitative estimate of drug-likeness (QED) is 0.869. The molecule has 0 saturated carbocycles. The van der Waals surface area contributed by atoms with Gasteiger partial charge in [0.25, 0.3) is 0 Å². The Labute approximate surface area is 144 Å². The molecule has 2 N–H and O–H groups in total. The molecule has 1 aromatic carbocycles. The summed E-state index contributed by atoms with van der Waals surface area (Å²) in [6, 6.07) is 6.62. The van der Waals surface area contributed by atoms with E-state index < -0.39 is 17.3 Å². The molecule has 2 heterocycles. The molecular weight excluding hydrogens is 331 g/mol. The van der Waals surface area contributed by atoms with Gasteiger partial charge in [-0.1, -0.05) is 12.1 Å². The van der Waals surface area contributed by atoms with E-state index in [4.69, 9.17) is 0 Å². The summed E-state index contributed by atoms with van der Waals surface area (Å²) in [6.45, 7) is 3.90. The average Bonchev–Trinajstić information content (AvgIpc) is 2.85. The molecule has 7 heteroatoms. The Kier molecular flexibility index (Phi) is 4.41. The van der Waals surface area contributed by atoms with Crippen molar-refractivity contribution in [2.24, 2.45) is 7.05 Å². The lowest BCUT2D eigenvalue weighted by molar-refractivity contribution is -0.137. The Hall–Kier alpha value is -1.86. The molecule has 4 nitrogen and oxygen atoms in total. The van der Waals surface area contributed by atoms with Gasteiger partial charge in [0.1, 0.15) is 0 Å². The normalized spacial score (nSPS) is 27.5. The Morgan fingerprint density at radius 2 is 1.88 bits per heavy atom. The van der Waals surface area contributed by atoms with Crippen LogP contribution >= 0.6 is 0 Å². The molecule has 1 unspecified atom stereocenters. The Balaban J connectivity index is 1.89. The molecule has 1 aromatic heterocycles. The lowest BCUT2D eigenvalue weighted by Crippen LogP contribution is -2.47. The van der Waals surface area contributed by atoms with Gasteiger partial charge < -0.3 is 10.4 Å². The molecule has 1 aliphatic heterocycles. The van der Waals surface area contributed by atoms with Crippen molar-refractivity contribution in [1.82, 2.24) is 15.1 Å². The third-order valence-corrected chi connectivity index (χ3v) is 4.91. The van der Waals surface area contributed by atoms with Crippen molar-refractivity contribution in [3.63, 3.8) is 0 Å². The van der Waals surface area contributed by atoms with E-state index in [1.165, 1.54) is 12.1 Å². The number of piperidine rings is 1. The number of hydrogen-bond acceptors (Lipinski definition) is 3. The lowest BCUT2D eigenvalue weighted by atomic mass is 9.78. The third-order valence-electron chi connectivity index (χ3n) is 4.91. The van der Waals surface area contributed by atoms with Crippen LogP contribution in [0, 0.1) is 6.92 Å². The third kappa shape index (κ3) is 3.57. The predicted octanol–water partition coefficient (Wildman–Crippen LogP) is 3.45. The fourth-order valence-corrected chi connectivity index (χ4v) is 3.54. The van der Waals surface area contributed by atoms with E-state index in [9.17, 15) is 18.3 Å². The van der Waals surface area contributed by atoms with E-state index >= 15 is 0 Å². The molecule has 0 radical (unpaired) electrons. The standard InChI is InChI=1S/C18H22F3N3O/c1-11-9-17(25,13-4-6-14(7-5-13)18(19,20)21)10-16(22-11)15-8-12(2)24(3)23-15/h4-8,11,16,22,25H,9-10H2,1-3H3/t11-,16-,17?/m0/s1. The number of halogens is 3. The molecule has 2 aromatic rings. The van der Waals surface area contributed by atoms with E-state index in [0.717, 1.165) is 23.5 Å². The maximum Gasteiger partial charge on any atom is 0.416 e. The first kappa shape index (κ1) is 17.9. The number of aliphatic hydroxyl groups is 1. The highest BCUT2D eigenvalue weighted by Gasteiger charge is 2.40. The number of aryl methyl sites for hydroxylation is 2. The van der Waals surface area contributed by atoms with Crippen LogP contribution in [0.15, 0.2) is 30.3 Å². The van der Waals surface area contributed by atoms with Crippen molar-refractivity contribution in [3.05, 3.63) is 52.8 Å². The van der Waals surface area contributed by atoms with Gasteiger partial charge in [-0.15, -0.1) is 0 Å². The van der Waals surface area contributed by atoms with Crippen molar-refractivity contribution in [1.29, 1.82) is 0 Å². The maximum atomic E-state index is 12.8. The van der Waals surface area contributed by atoms with E-state index in [1.807, 2.05) is 27.0 Å². The first-order valence-corrected chi connectivity index (χ1v) is 8.25. The monoisotopic (exact) mass is 353 g/mol. The van der Waals surface area contributed by atoms with Gasteiger partial charge in [0, 0.05) is 25.2 Å². The Bertz CT molecular complexity index is 734. The molecule has 3 atom stereocenters. The van der Waals surface area contributed by atoms with Gasteiger partial charge in [0.15, 0.2) is 0 Å². The fourth-order valence-electron chi connectivity index (χ4n) is 3.54. The number of alkyl halides is 3. The summed E-state index contributed by atoms with van der Waals surface area (Å²) >= 11 is 0. The van der Waals surface area contributed by atoms with E-state index in [0.29, 0.717) is 18.4 Å². The number of aromatic nitrogens is 2. The van der Waals surface area contributed by atoms with E-state index in [-0.39, 0.29) is 12.1 Å². The van der Waals surface area contributed by atoms with Crippen LogP contribution in [0.4, 0.5) is 13.2 Å². The van der Waals surface area contributed by atoms with Crippen LogP contribution in [0.3, 0.4) is 0 Å². The largest absolute Gasteiger partial charge is 0.416 e. The summed E-state index contributed by atoms with van der Waals surface area (Å²) in [6.07, 6.45) is -3.59. The highest BCUT2D eigenvalue weighted by Crippen LogP contribution is 2.40. The molecule has 0 aliphatic carbocycles. The van der Waals surface area contributed by atoms with Crippen LogP contribution in [0.1, 0.15) is 48.3 Å². The average molecular weight is 353 g/mol. The van der Waals surface area contributed by atoms with Gasteiger partial charge in [-0.05, 0) is 44.0 Å².